The van der Waals surface area contributed by atoms with Gasteiger partial charge in [-0.25, -0.2) is 8.42 Å². The molecule has 0 bridgehead atoms. The molecule has 0 unspecified atom stereocenters. The van der Waals surface area contributed by atoms with E-state index in [1.807, 2.05) is 24.3 Å². The van der Waals surface area contributed by atoms with Crippen LogP contribution < -0.4 is 14.2 Å². The van der Waals surface area contributed by atoms with Gasteiger partial charge in [-0.1, -0.05) is 72.9 Å². The molecule has 1 aliphatic heterocycles. The van der Waals surface area contributed by atoms with Crippen molar-refractivity contribution in [1.29, 1.82) is 0 Å². The molecule has 2 heterocycles. The van der Waals surface area contributed by atoms with E-state index in [-0.39, 0.29) is 12.2 Å². The van der Waals surface area contributed by atoms with Gasteiger partial charge in [0, 0.05) is 36.3 Å². The van der Waals surface area contributed by atoms with Crippen LogP contribution in [0, 0.1) is 0 Å². The summed E-state index contributed by atoms with van der Waals surface area (Å²) >= 11 is 1.67. The lowest BCUT2D eigenvalue weighted by Gasteiger charge is -2.17. The smallest absolute Gasteiger partial charge is 0.263 e. The van der Waals surface area contributed by atoms with Crippen LogP contribution in [0.3, 0.4) is 0 Å². The number of aryl methyl sites for hydroxylation is 1. The molecule has 8 heteroatoms. The summed E-state index contributed by atoms with van der Waals surface area (Å²) in [6, 6.07) is 24.9. The summed E-state index contributed by atoms with van der Waals surface area (Å²) < 4.78 is 43.8. The van der Waals surface area contributed by atoms with Gasteiger partial charge in [0.25, 0.3) is 5.01 Å². The van der Waals surface area contributed by atoms with Crippen molar-refractivity contribution in [3.8, 4) is 5.75 Å². The van der Waals surface area contributed by atoms with Crippen molar-refractivity contribution >= 4 is 65.0 Å². The molecule has 1 aliphatic rings. The molecular formula is C32H30N2O4S2. The topological polar surface area (TPSA) is 73.5 Å². The van der Waals surface area contributed by atoms with Crippen LogP contribution in [0.2, 0.25) is 0 Å². The van der Waals surface area contributed by atoms with Crippen molar-refractivity contribution in [3.63, 3.8) is 0 Å². The first-order chi connectivity index (χ1) is 19.4. The van der Waals surface area contributed by atoms with Crippen LogP contribution in [0.15, 0.2) is 90.3 Å². The number of ether oxygens (including phenoxy) is 1. The average Bonchev–Trinajstić information content (AvgIpc) is 3.49. The molecule has 0 spiro atoms. The second-order valence-corrected chi connectivity index (χ2v) is 12.5. The number of hydrogen-bond donors (Lipinski definition) is 0. The third-order valence-electron chi connectivity index (χ3n) is 7.35. The molecule has 40 heavy (non-hydrogen) atoms. The average molecular weight is 571 g/mol. The Morgan fingerprint density at radius 3 is 2.40 bits per heavy atom. The van der Waals surface area contributed by atoms with Gasteiger partial charge in [-0.05, 0) is 47.9 Å². The second kappa shape index (κ2) is 10.7. The third-order valence-corrected chi connectivity index (χ3v) is 9.23. The molecule has 6 rings (SSSR count). The summed E-state index contributed by atoms with van der Waals surface area (Å²) in [6.07, 6.45) is 5.30. The van der Waals surface area contributed by atoms with E-state index in [2.05, 4.69) is 84.0 Å². The fourth-order valence-electron chi connectivity index (χ4n) is 5.46. The van der Waals surface area contributed by atoms with Crippen molar-refractivity contribution in [1.82, 2.24) is 0 Å². The molecule has 5 aromatic rings. The molecular weight excluding hydrogens is 540 g/mol. The Bertz CT molecular complexity index is 1920. The third kappa shape index (κ3) is 4.98. The summed E-state index contributed by atoms with van der Waals surface area (Å²) in [5, 5.41) is 5.57. The molecule has 0 amide bonds. The lowest BCUT2D eigenvalue weighted by atomic mass is 10.1. The van der Waals surface area contributed by atoms with Crippen molar-refractivity contribution < 1.29 is 22.3 Å². The number of aromatic nitrogens is 1. The Hall–Kier alpha value is -3.72. The van der Waals surface area contributed by atoms with Gasteiger partial charge < -0.3 is 14.2 Å². The summed E-state index contributed by atoms with van der Waals surface area (Å²) in [4.78, 5) is 2.22. The zero-order valence-electron chi connectivity index (χ0n) is 22.5. The van der Waals surface area contributed by atoms with Crippen LogP contribution in [0.4, 0.5) is 5.69 Å². The minimum absolute atomic E-state index is 0.254. The van der Waals surface area contributed by atoms with E-state index in [1.54, 1.807) is 11.3 Å². The van der Waals surface area contributed by atoms with Crippen LogP contribution in [-0.2, 0) is 16.7 Å². The molecule has 0 saturated heterocycles. The quantitative estimate of drug-likeness (QED) is 0.149. The predicted octanol–water partition coefficient (Wildman–Crippen LogP) is 6.98. The first-order valence-corrected chi connectivity index (χ1v) is 15.9. The molecule has 0 saturated carbocycles. The normalized spacial score (nSPS) is 14.9. The number of rotatable bonds is 8. The maximum absolute atomic E-state index is 11.4. The van der Waals surface area contributed by atoms with Crippen molar-refractivity contribution in [2.24, 2.45) is 0 Å². The van der Waals surface area contributed by atoms with Gasteiger partial charge in [-0.2, -0.15) is 4.57 Å². The van der Waals surface area contributed by atoms with Crippen LogP contribution in [-0.4, -0.2) is 25.3 Å². The van der Waals surface area contributed by atoms with Crippen LogP contribution in [0.5, 0.6) is 5.75 Å². The SMILES string of the molecule is CCC(/C=C1\Oc2ccc3ccccc3c2N1CC)=C\c1sc2ccc3ccccc3c2[n+]1CCCS(=O)(=O)[O-]. The highest BCUT2D eigenvalue weighted by Gasteiger charge is 2.28. The fourth-order valence-corrected chi connectivity index (χ4v) is 7.12. The van der Waals surface area contributed by atoms with Crippen molar-refractivity contribution in [3.05, 3.63) is 95.3 Å². The van der Waals surface area contributed by atoms with E-state index in [0.29, 0.717) is 6.54 Å². The highest BCUT2D eigenvalue weighted by atomic mass is 32.2. The zero-order valence-corrected chi connectivity index (χ0v) is 24.1. The van der Waals surface area contributed by atoms with E-state index in [1.165, 1.54) is 5.39 Å². The monoisotopic (exact) mass is 570 g/mol. The number of thiazole rings is 1. The Kier molecular flexibility index (Phi) is 7.08. The molecule has 0 radical (unpaired) electrons. The van der Waals surface area contributed by atoms with E-state index in [0.717, 1.165) is 67.2 Å². The van der Waals surface area contributed by atoms with Gasteiger partial charge >= 0.3 is 0 Å². The molecule has 6 nitrogen and oxygen atoms in total. The Balaban J connectivity index is 1.44. The summed E-state index contributed by atoms with van der Waals surface area (Å²) in [7, 11) is -4.29. The van der Waals surface area contributed by atoms with Gasteiger partial charge in [0.15, 0.2) is 12.3 Å². The van der Waals surface area contributed by atoms with Gasteiger partial charge in [0.2, 0.25) is 11.4 Å². The predicted molar refractivity (Wildman–Crippen MR) is 163 cm³/mol. The second-order valence-electron chi connectivity index (χ2n) is 9.88. The van der Waals surface area contributed by atoms with E-state index < -0.39 is 10.1 Å². The number of hydrogen-bond acceptors (Lipinski definition) is 6. The lowest BCUT2D eigenvalue weighted by molar-refractivity contribution is -0.667. The van der Waals surface area contributed by atoms with Crippen LogP contribution >= 0.6 is 11.3 Å². The van der Waals surface area contributed by atoms with Crippen molar-refractivity contribution in [2.45, 2.75) is 33.2 Å². The first kappa shape index (κ1) is 26.5. The molecule has 4 aromatic carbocycles. The Labute approximate surface area is 238 Å². The minimum Gasteiger partial charge on any atom is -0.748 e. The van der Waals surface area contributed by atoms with E-state index in [9.17, 15) is 13.0 Å². The van der Waals surface area contributed by atoms with Gasteiger partial charge in [0.05, 0.1) is 21.2 Å². The molecule has 1 aromatic heterocycles. The first-order valence-electron chi connectivity index (χ1n) is 13.5. The van der Waals surface area contributed by atoms with Crippen molar-refractivity contribution in [2.75, 3.05) is 17.2 Å². The number of allylic oxidation sites excluding steroid dienone is 2. The van der Waals surface area contributed by atoms with Gasteiger partial charge in [-0.15, -0.1) is 0 Å². The van der Waals surface area contributed by atoms with E-state index in [4.69, 9.17) is 4.74 Å². The largest absolute Gasteiger partial charge is 0.748 e. The number of nitrogens with zero attached hydrogens (tertiary/aromatic N) is 2. The van der Waals surface area contributed by atoms with Crippen LogP contribution in [0.25, 0.3) is 37.8 Å². The molecule has 204 valence electrons. The number of benzene rings is 4. The summed E-state index contributed by atoms with van der Waals surface area (Å²) in [5.74, 6) is 1.25. The molecule has 0 fully saturated rings. The zero-order chi connectivity index (χ0) is 27.9. The summed E-state index contributed by atoms with van der Waals surface area (Å²) in [5.41, 5.74) is 3.24. The number of fused-ring (bicyclic) bond motifs is 6. The molecule has 0 N–H and O–H groups in total. The Morgan fingerprint density at radius 2 is 1.68 bits per heavy atom. The van der Waals surface area contributed by atoms with E-state index >= 15 is 0 Å². The molecule has 0 atom stereocenters. The highest BCUT2D eigenvalue weighted by molar-refractivity contribution is 7.85. The Morgan fingerprint density at radius 1 is 0.975 bits per heavy atom. The lowest BCUT2D eigenvalue weighted by Crippen LogP contribution is -2.36. The van der Waals surface area contributed by atoms with Gasteiger partial charge in [-0.3, -0.25) is 0 Å². The van der Waals surface area contributed by atoms with Crippen LogP contribution in [0.1, 0.15) is 31.7 Å². The molecule has 0 aliphatic carbocycles. The minimum atomic E-state index is -4.29. The number of anilines is 1. The fraction of sp³-hybridized carbons (Fsp3) is 0.219. The standard InChI is InChI=1S/C32H30N2O4S2/c1-3-22(20-29-33(4-2)31-25-12-7-5-10-23(25)14-16-27(31)38-29)21-30-34(18-9-19-40(35,36)37)32-26-13-8-6-11-24(26)15-17-28(32)39-30/h5-8,10-17,20-21H,3-4,9,18-19H2,1-2H3. The van der Waals surface area contributed by atoms with Gasteiger partial charge in [0.1, 0.15) is 4.70 Å². The maximum Gasteiger partial charge on any atom is 0.263 e. The summed E-state index contributed by atoms with van der Waals surface area (Å²) in [6.45, 7) is 5.44. The highest BCUT2D eigenvalue weighted by Crippen LogP contribution is 2.44. The maximum atomic E-state index is 11.4.